The molecule has 0 bridgehead atoms. The van der Waals surface area contributed by atoms with Crippen molar-refractivity contribution in [1.29, 1.82) is 0 Å². The van der Waals surface area contributed by atoms with Crippen molar-refractivity contribution in [1.82, 2.24) is 15.3 Å². The fraction of sp³-hybridized carbons (Fsp3) is 0.150. The fourth-order valence-corrected chi connectivity index (χ4v) is 2.49. The second-order valence-corrected chi connectivity index (χ2v) is 5.67. The quantitative estimate of drug-likeness (QED) is 0.699. The highest BCUT2D eigenvalue weighted by Crippen LogP contribution is 2.25. The Hall–Kier alpha value is -3.61. The molecule has 0 spiro atoms. The zero-order chi connectivity index (χ0) is 19.1. The van der Waals surface area contributed by atoms with Crippen LogP contribution in [0, 0.1) is 0 Å². The highest BCUT2D eigenvalue weighted by molar-refractivity contribution is 5.89. The first-order valence-corrected chi connectivity index (χ1v) is 8.32. The number of hydrogen-bond donors (Lipinski definition) is 2. The lowest BCUT2D eigenvalue weighted by Gasteiger charge is -2.11. The van der Waals surface area contributed by atoms with Crippen LogP contribution in [0.2, 0.25) is 0 Å². The first-order valence-electron chi connectivity index (χ1n) is 8.32. The number of carbonyl (C=O) groups is 1. The molecule has 0 fully saturated rings. The topological polar surface area (TPSA) is 85.4 Å². The van der Waals surface area contributed by atoms with Crippen LogP contribution in [-0.2, 0) is 6.54 Å². The van der Waals surface area contributed by atoms with E-state index in [0.717, 1.165) is 11.3 Å². The SMILES string of the molecule is COc1cc(NC(=O)NCc2cc(-c3ccccc3)ncn2)cc(OC)c1. The van der Waals surface area contributed by atoms with Gasteiger partial charge in [-0.2, -0.15) is 0 Å². The number of nitrogens with zero attached hydrogens (tertiary/aromatic N) is 2. The number of amides is 2. The molecular weight excluding hydrogens is 344 g/mol. The number of rotatable bonds is 6. The number of nitrogens with one attached hydrogen (secondary N) is 2. The standard InChI is InChI=1S/C20H20N4O3/c1-26-17-8-15(9-18(11-17)27-2)24-20(25)21-12-16-10-19(23-13-22-16)14-6-4-3-5-7-14/h3-11,13H,12H2,1-2H3,(H2,21,24,25). The number of hydrogen-bond acceptors (Lipinski definition) is 5. The van der Waals surface area contributed by atoms with Gasteiger partial charge in [-0.15, -0.1) is 0 Å². The van der Waals surface area contributed by atoms with Gasteiger partial charge in [0.05, 0.1) is 32.2 Å². The summed E-state index contributed by atoms with van der Waals surface area (Å²) in [6.07, 6.45) is 1.49. The van der Waals surface area contributed by atoms with Crippen molar-refractivity contribution >= 4 is 11.7 Å². The molecule has 1 heterocycles. The summed E-state index contributed by atoms with van der Waals surface area (Å²) in [5.41, 5.74) is 3.08. The molecule has 0 aliphatic rings. The van der Waals surface area contributed by atoms with E-state index < -0.39 is 0 Å². The molecule has 0 unspecified atom stereocenters. The van der Waals surface area contributed by atoms with E-state index in [1.165, 1.54) is 6.33 Å². The Labute approximate surface area is 157 Å². The van der Waals surface area contributed by atoms with Crippen LogP contribution in [0.25, 0.3) is 11.3 Å². The van der Waals surface area contributed by atoms with E-state index >= 15 is 0 Å². The van der Waals surface area contributed by atoms with Crippen LogP contribution in [0.15, 0.2) is 60.9 Å². The molecule has 0 radical (unpaired) electrons. The summed E-state index contributed by atoms with van der Waals surface area (Å²) in [5.74, 6) is 1.18. The fourth-order valence-electron chi connectivity index (χ4n) is 2.49. The minimum atomic E-state index is -0.356. The summed E-state index contributed by atoms with van der Waals surface area (Å²) in [6.45, 7) is 0.273. The molecule has 0 atom stereocenters. The maximum absolute atomic E-state index is 12.2. The van der Waals surface area contributed by atoms with Gasteiger partial charge < -0.3 is 20.1 Å². The minimum absolute atomic E-state index is 0.273. The summed E-state index contributed by atoms with van der Waals surface area (Å²) in [5, 5.41) is 5.53. The van der Waals surface area contributed by atoms with Crippen LogP contribution in [0.1, 0.15) is 5.69 Å². The Morgan fingerprint density at radius 1 is 0.963 bits per heavy atom. The summed E-state index contributed by atoms with van der Waals surface area (Å²) >= 11 is 0. The van der Waals surface area contributed by atoms with E-state index in [-0.39, 0.29) is 12.6 Å². The van der Waals surface area contributed by atoms with Gasteiger partial charge in [0.1, 0.15) is 17.8 Å². The summed E-state index contributed by atoms with van der Waals surface area (Å²) in [4.78, 5) is 20.7. The Morgan fingerprint density at radius 2 is 1.67 bits per heavy atom. The molecule has 3 aromatic rings. The Balaban J connectivity index is 1.63. The van der Waals surface area contributed by atoms with Crippen LogP contribution < -0.4 is 20.1 Å². The molecule has 3 rings (SSSR count). The van der Waals surface area contributed by atoms with Crippen molar-refractivity contribution in [2.45, 2.75) is 6.54 Å². The number of urea groups is 1. The van der Waals surface area contributed by atoms with Crippen molar-refractivity contribution in [3.8, 4) is 22.8 Å². The predicted molar refractivity (Wildman–Crippen MR) is 103 cm³/mol. The lowest BCUT2D eigenvalue weighted by Crippen LogP contribution is -2.28. The van der Waals surface area contributed by atoms with E-state index in [0.29, 0.717) is 22.9 Å². The highest BCUT2D eigenvalue weighted by Gasteiger charge is 2.07. The van der Waals surface area contributed by atoms with Crippen molar-refractivity contribution in [2.75, 3.05) is 19.5 Å². The van der Waals surface area contributed by atoms with Crippen LogP contribution in [0.4, 0.5) is 10.5 Å². The van der Waals surface area contributed by atoms with E-state index in [9.17, 15) is 4.79 Å². The van der Waals surface area contributed by atoms with Gasteiger partial charge in [0.25, 0.3) is 0 Å². The van der Waals surface area contributed by atoms with Gasteiger partial charge in [-0.25, -0.2) is 14.8 Å². The van der Waals surface area contributed by atoms with Crippen molar-refractivity contribution in [3.63, 3.8) is 0 Å². The maximum atomic E-state index is 12.2. The molecule has 2 aromatic carbocycles. The van der Waals surface area contributed by atoms with Gasteiger partial charge in [-0.1, -0.05) is 30.3 Å². The molecule has 7 heteroatoms. The Kier molecular flexibility index (Phi) is 5.84. The first-order chi connectivity index (χ1) is 13.2. The highest BCUT2D eigenvalue weighted by atomic mass is 16.5. The Bertz CT molecular complexity index is 894. The van der Waals surface area contributed by atoms with Gasteiger partial charge in [0.2, 0.25) is 0 Å². The third kappa shape index (κ3) is 4.94. The first kappa shape index (κ1) is 18.2. The van der Waals surface area contributed by atoms with Gasteiger partial charge in [-0.05, 0) is 6.07 Å². The molecule has 0 saturated heterocycles. The van der Waals surface area contributed by atoms with E-state index in [1.807, 2.05) is 36.4 Å². The summed E-state index contributed by atoms with van der Waals surface area (Å²) in [6, 6.07) is 16.4. The molecule has 2 amide bonds. The smallest absolute Gasteiger partial charge is 0.319 e. The molecule has 0 aliphatic carbocycles. The van der Waals surface area contributed by atoms with Gasteiger partial charge in [-0.3, -0.25) is 0 Å². The molecular formula is C20H20N4O3. The number of anilines is 1. The second-order valence-electron chi connectivity index (χ2n) is 5.67. The van der Waals surface area contributed by atoms with E-state index in [1.54, 1.807) is 32.4 Å². The largest absolute Gasteiger partial charge is 0.497 e. The number of benzene rings is 2. The molecule has 1 aromatic heterocycles. The number of aromatic nitrogens is 2. The average Bonchev–Trinajstić information content (AvgIpc) is 2.72. The Morgan fingerprint density at radius 3 is 2.33 bits per heavy atom. The van der Waals surface area contributed by atoms with E-state index in [4.69, 9.17) is 9.47 Å². The molecule has 138 valence electrons. The van der Waals surface area contributed by atoms with Crippen LogP contribution in [0.5, 0.6) is 11.5 Å². The lowest BCUT2D eigenvalue weighted by atomic mass is 10.1. The molecule has 2 N–H and O–H groups in total. The third-order valence-corrected chi connectivity index (χ3v) is 3.83. The van der Waals surface area contributed by atoms with Gasteiger partial charge in [0.15, 0.2) is 0 Å². The number of methoxy groups -OCH3 is 2. The zero-order valence-corrected chi connectivity index (χ0v) is 15.1. The van der Waals surface area contributed by atoms with Crippen LogP contribution in [0.3, 0.4) is 0 Å². The maximum Gasteiger partial charge on any atom is 0.319 e. The van der Waals surface area contributed by atoms with Crippen LogP contribution in [-0.4, -0.2) is 30.2 Å². The molecule has 0 aliphatic heterocycles. The van der Waals surface area contributed by atoms with E-state index in [2.05, 4.69) is 20.6 Å². The monoisotopic (exact) mass is 364 g/mol. The van der Waals surface area contributed by atoms with Gasteiger partial charge in [0, 0.05) is 29.4 Å². The zero-order valence-electron chi connectivity index (χ0n) is 15.1. The average molecular weight is 364 g/mol. The van der Waals surface area contributed by atoms with Crippen molar-refractivity contribution in [2.24, 2.45) is 0 Å². The third-order valence-electron chi connectivity index (χ3n) is 3.83. The molecule has 27 heavy (non-hydrogen) atoms. The van der Waals surface area contributed by atoms with Crippen molar-refractivity contribution < 1.29 is 14.3 Å². The minimum Gasteiger partial charge on any atom is -0.497 e. The summed E-state index contributed by atoms with van der Waals surface area (Å²) < 4.78 is 10.4. The number of carbonyl (C=O) groups excluding carboxylic acids is 1. The number of ether oxygens (including phenoxy) is 2. The molecule has 0 saturated carbocycles. The van der Waals surface area contributed by atoms with Crippen LogP contribution >= 0.6 is 0 Å². The lowest BCUT2D eigenvalue weighted by molar-refractivity contribution is 0.251. The summed E-state index contributed by atoms with van der Waals surface area (Å²) in [7, 11) is 3.11. The molecule has 7 nitrogen and oxygen atoms in total. The second kappa shape index (κ2) is 8.66. The normalized spacial score (nSPS) is 10.1. The van der Waals surface area contributed by atoms with Crippen molar-refractivity contribution in [3.05, 3.63) is 66.6 Å². The predicted octanol–water partition coefficient (Wildman–Crippen LogP) is 3.48. The van der Waals surface area contributed by atoms with Gasteiger partial charge >= 0.3 is 6.03 Å².